The number of nitrogens with zero attached hydrogens (tertiary/aromatic N) is 2. The molecule has 3 aromatic heterocycles. The van der Waals surface area contributed by atoms with Gasteiger partial charge in [-0.2, -0.15) is 0 Å². The van der Waals surface area contributed by atoms with E-state index in [2.05, 4.69) is 29.6 Å². The number of fused-ring (bicyclic) bond motifs is 1. The lowest BCUT2D eigenvalue weighted by atomic mass is 10.3. The molecular formula is C17H20N4O3S. The minimum atomic E-state index is -0.485. The van der Waals surface area contributed by atoms with Gasteiger partial charge in [-0.25, -0.2) is 0 Å². The Morgan fingerprint density at radius 1 is 1.12 bits per heavy atom. The van der Waals surface area contributed by atoms with Gasteiger partial charge in [0.15, 0.2) is 5.76 Å². The molecule has 0 bridgehead atoms. The van der Waals surface area contributed by atoms with Gasteiger partial charge in [0.1, 0.15) is 10.6 Å². The maximum atomic E-state index is 12.2. The van der Waals surface area contributed by atoms with Crippen molar-refractivity contribution >= 4 is 28.0 Å². The van der Waals surface area contributed by atoms with Gasteiger partial charge in [0.25, 0.3) is 5.91 Å². The molecule has 0 saturated heterocycles. The molecule has 0 aromatic carbocycles. The van der Waals surface area contributed by atoms with E-state index in [4.69, 9.17) is 4.42 Å². The van der Waals surface area contributed by atoms with Crippen molar-refractivity contribution in [2.75, 3.05) is 13.1 Å². The summed E-state index contributed by atoms with van der Waals surface area (Å²) in [5.74, 6) is 0.0301. The zero-order valence-corrected chi connectivity index (χ0v) is 14.9. The van der Waals surface area contributed by atoms with Gasteiger partial charge < -0.3 is 8.82 Å². The second kappa shape index (κ2) is 7.54. The SMILES string of the molecule is CCN(CC)Cc1ccc(C(=O)NNC(=O)c2ccn3ccsc23)o1. The van der Waals surface area contributed by atoms with Crippen LogP contribution in [0.25, 0.3) is 4.83 Å². The number of amides is 2. The smallest absolute Gasteiger partial charge is 0.305 e. The Hall–Kier alpha value is -2.58. The summed E-state index contributed by atoms with van der Waals surface area (Å²) in [6, 6.07) is 5.09. The molecule has 3 heterocycles. The van der Waals surface area contributed by atoms with Crippen molar-refractivity contribution in [1.29, 1.82) is 0 Å². The molecule has 25 heavy (non-hydrogen) atoms. The molecule has 0 aliphatic carbocycles. The van der Waals surface area contributed by atoms with Crippen molar-refractivity contribution < 1.29 is 14.0 Å². The van der Waals surface area contributed by atoms with Crippen LogP contribution < -0.4 is 10.9 Å². The lowest BCUT2D eigenvalue weighted by Crippen LogP contribution is -2.41. The number of rotatable bonds is 6. The second-order valence-electron chi connectivity index (χ2n) is 5.48. The lowest BCUT2D eigenvalue weighted by molar-refractivity contribution is 0.0829. The van der Waals surface area contributed by atoms with Gasteiger partial charge in [0, 0.05) is 17.8 Å². The third kappa shape index (κ3) is 3.75. The Bertz CT molecular complexity index is 875. The largest absolute Gasteiger partial charge is 0.454 e. The molecule has 2 N–H and O–H groups in total. The predicted octanol–water partition coefficient (Wildman–Crippen LogP) is 2.51. The summed E-state index contributed by atoms with van der Waals surface area (Å²) >= 11 is 1.46. The average molecular weight is 360 g/mol. The molecule has 0 fully saturated rings. The van der Waals surface area contributed by atoms with Crippen LogP contribution in [-0.2, 0) is 6.54 Å². The topological polar surface area (TPSA) is 79.0 Å². The van der Waals surface area contributed by atoms with E-state index >= 15 is 0 Å². The van der Waals surface area contributed by atoms with Crippen LogP contribution in [-0.4, -0.2) is 34.2 Å². The van der Waals surface area contributed by atoms with Crippen LogP contribution in [0.2, 0.25) is 0 Å². The van der Waals surface area contributed by atoms with Gasteiger partial charge >= 0.3 is 5.91 Å². The van der Waals surface area contributed by atoms with Gasteiger partial charge in [-0.1, -0.05) is 13.8 Å². The van der Waals surface area contributed by atoms with E-state index in [0.717, 1.165) is 17.9 Å². The van der Waals surface area contributed by atoms with Crippen molar-refractivity contribution in [3.63, 3.8) is 0 Å². The maximum absolute atomic E-state index is 12.2. The highest BCUT2D eigenvalue weighted by atomic mass is 32.1. The van der Waals surface area contributed by atoms with Gasteiger partial charge in [0.2, 0.25) is 0 Å². The molecule has 7 nitrogen and oxygen atoms in total. The van der Waals surface area contributed by atoms with Crippen molar-refractivity contribution in [1.82, 2.24) is 20.2 Å². The van der Waals surface area contributed by atoms with E-state index < -0.39 is 5.91 Å². The van der Waals surface area contributed by atoms with Crippen molar-refractivity contribution in [3.8, 4) is 0 Å². The van der Waals surface area contributed by atoms with Crippen molar-refractivity contribution in [2.24, 2.45) is 0 Å². The van der Waals surface area contributed by atoms with Gasteiger partial charge in [0.05, 0.1) is 12.1 Å². The Morgan fingerprint density at radius 3 is 2.64 bits per heavy atom. The number of thiazole rings is 1. The average Bonchev–Trinajstić information content (AvgIpc) is 3.33. The highest BCUT2D eigenvalue weighted by Crippen LogP contribution is 2.18. The minimum absolute atomic E-state index is 0.167. The Kier molecular flexibility index (Phi) is 5.20. The quantitative estimate of drug-likeness (QED) is 0.662. The summed E-state index contributed by atoms with van der Waals surface area (Å²) in [5, 5.41) is 1.89. The van der Waals surface area contributed by atoms with E-state index in [9.17, 15) is 9.59 Å². The molecule has 2 amide bonds. The number of carbonyl (C=O) groups is 2. The molecule has 0 unspecified atom stereocenters. The Morgan fingerprint density at radius 2 is 1.88 bits per heavy atom. The van der Waals surface area contributed by atoms with Crippen molar-refractivity contribution in [3.05, 3.63) is 53.1 Å². The molecule has 132 valence electrons. The van der Waals surface area contributed by atoms with Crippen LogP contribution in [0.4, 0.5) is 0 Å². The lowest BCUT2D eigenvalue weighted by Gasteiger charge is -2.15. The summed E-state index contributed by atoms with van der Waals surface area (Å²) in [6.45, 7) is 6.60. The Labute approximate surface area is 149 Å². The molecule has 0 aliphatic rings. The minimum Gasteiger partial charge on any atom is -0.454 e. The number of furan rings is 1. The molecule has 0 radical (unpaired) electrons. The fraction of sp³-hybridized carbons (Fsp3) is 0.294. The summed E-state index contributed by atoms with van der Waals surface area (Å²) in [6.07, 6.45) is 3.67. The molecule has 3 rings (SSSR count). The van der Waals surface area contributed by atoms with E-state index in [-0.39, 0.29) is 11.7 Å². The molecule has 0 spiro atoms. The molecule has 8 heteroatoms. The summed E-state index contributed by atoms with van der Waals surface area (Å²) in [5.41, 5.74) is 5.32. The van der Waals surface area contributed by atoms with Gasteiger partial charge in [-0.05, 0) is 31.3 Å². The van der Waals surface area contributed by atoms with Crippen LogP contribution >= 0.6 is 11.3 Å². The van der Waals surface area contributed by atoms with E-state index in [0.29, 0.717) is 17.9 Å². The number of hydrogen-bond acceptors (Lipinski definition) is 5. The van der Waals surface area contributed by atoms with Gasteiger partial charge in [-0.3, -0.25) is 25.3 Å². The van der Waals surface area contributed by atoms with E-state index in [1.807, 2.05) is 16.0 Å². The first-order chi connectivity index (χ1) is 12.1. The number of hydrogen-bond donors (Lipinski definition) is 2. The summed E-state index contributed by atoms with van der Waals surface area (Å²) in [4.78, 5) is 27.4. The first-order valence-corrected chi connectivity index (χ1v) is 8.96. The third-order valence-electron chi connectivity index (χ3n) is 3.96. The third-order valence-corrected chi connectivity index (χ3v) is 4.87. The Balaban J connectivity index is 1.58. The zero-order chi connectivity index (χ0) is 17.8. The summed E-state index contributed by atoms with van der Waals surface area (Å²) < 4.78 is 7.41. The first kappa shape index (κ1) is 17.2. The van der Waals surface area contributed by atoms with Crippen molar-refractivity contribution in [2.45, 2.75) is 20.4 Å². The fourth-order valence-corrected chi connectivity index (χ4v) is 3.35. The van der Waals surface area contributed by atoms with Crippen LogP contribution in [0.1, 0.15) is 40.5 Å². The number of hydrazine groups is 1. The fourth-order valence-electron chi connectivity index (χ4n) is 2.50. The first-order valence-electron chi connectivity index (χ1n) is 8.08. The highest BCUT2D eigenvalue weighted by Gasteiger charge is 2.16. The molecule has 0 saturated carbocycles. The monoisotopic (exact) mass is 360 g/mol. The van der Waals surface area contributed by atoms with Gasteiger partial charge in [-0.15, -0.1) is 11.3 Å². The van der Waals surface area contributed by atoms with E-state index in [1.54, 1.807) is 24.4 Å². The highest BCUT2D eigenvalue weighted by molar-refractivity contribution is 7.16. The number of carbonyl (C=O) groups excluding carboxylic acids is 2. The van der Waals surface area contributed by atoms with Crippen LogP contribution in [0.15, 0.2) is 40.4 Å². The predicted molar refractivity (Wildman–Crippen MR) is 95.5 cm³/mol. The van der Waals surface area contributed by atoms with E-state index in [1.165, 1.54) is 11.3 Å². The normalized spacial score (nSPS) is 11.2. The molecule has 3 aromatic rings. The molecule has 0 atom stereocenters. The van der Waals surface area contributed by atoms with Crippen LogP contribution in [0, 0.1) is 0 Å². The zero-order valence-electron chi connectivity index (χ0n) is 14.1. The second-order valence-corrected chi connectivity index (χ2v) is 6.38. The van der Waals surface area contributed by atoms with Crippen LogP contribution in [0.5, 0.6) is 0 Å². The number of nitrogens with one attached hydrogen (secondary N) is 2. The standard InChI is InChI=1S/C17H20N4O3S/c1-3-20(4-2)11-12-5-6-14(24-12)16(23)19-18-15(22)13-7-8-21-9-10-25-17(13)21/h5-10H,3-4,11H2,1-2H3,(H,18,22)(H,19,23). The summed E-state index contributed by atoms with van der Waals surface area (Å²) in [7, 11) is 0. The van der Waals surface area contributed by atoms with Crippen LogP contribution in [0.3, 0.4) is 0 Å². The number of aromatic nitrogens is 1. The molecule has 0 aliphatic heterocycles. The molecular weight excluding hydrogens is 340 g/mol. The maximum Gasteiger partial charge on any atom is 0.305 e.